The van der Waals surface area contributed by atoms with Crippen molar-refractivity contribution >= 4 is 17.6 Å². The van der Waals surface area contributed by atoms with Crippen molar-refractivity contribution in [2.75, 3.05) is 11.9 Å². The molecular formula is C19H17F3N2O2. The van der Waals surface area contributed by atoms with Gasteiger partial charge in [-0.1, -0.05) is 36.4 Å². The Kier molecular flexibility index (Phi) is 4.48. The number of urea groups is 1. The van der Waals surface area contributed by atoms with Crippen LogP contribution in [0.4, 0.5) is 23.7 Å². The zero-order chi connectivity index (χ0) is 19.1. The molecule has 7 heteroatoms. The Hall–Kier alpha value is -2.83. The summed E-state index contributed by atoms with van der Waals surface area (Å²) in [4.78, 5) is 27.5. The molecule has 0 aliphatic carbocycles. The zero-order valence-electron chi connectivity index (χ0n) is 14.2. The van der Waals surface area contributed by atoms with Gasteiger partial charge in [0, 0.05) is 13.5 Å². The van der Waals surface area contributed by atoms with Crippen molar-refractivity contribution in [1.82, 2.24) is 4.90 Å². The van der Waals surface area contributed by atoms with E-state index in [4.69, 9.17) is 0 Å². The van der Waals surface area contributed by atoms with Crippen molar-refractivity contribution in [2.24, 2.45) is 0 Å². The molecular weight excluding hydrogens is 345 g/mol. The molecule has 4 nitrogen and oxygen atoms in total. The summed E-state index contributed by atoms with van der Waals surface area (Å²) in [5.41, 5.74) is -0.162. The maximum atomic E-state index is 13.2. The molecule has 2 aromatic rings. The largest absolute Gasteiger partial charge is 0.416 e. The third kappa shape index (κ3) is 3.05. The minimum atomic E-state index is -4.55. The van der Waals surface area contributed by atoms with E-state index in [1.54, 1.807) is 0 Å². The second kappa shape index (κ2) is 6.48. The lowest BCUT2D eigenvalue weighted by Crippen LogP contribution is -2.33. The molecule has 0 N–H and O–H groups in total. The number of hydrogen-bond donors (Lipinski definition) is 0. The van der Waals surface area contributed by atoms with Gasteiger partial charge in [0.25, 0.3) is 5.91 Å². The van der Waals surface area contributed by atoms with E-state index in [1.807, 2.05) is 30.3 Å². The fraction of sp³-hybridized carbons (Fsp3) is 0.263. The van der Waals surface area contributed by atoms with E-state index >= 15 is 0 Å². The first-order chi connectivity index (χ1) is 12.2. The standard InChI is InChI=1S/C19H17F3N2O2/c1-12-14(19(20,21)22)9-6-10-15(12)24-17(25)16(23(2)18(24)26)11-13-7-4-3-5-8-13/h3-10,16H,11H2,1-2H3. The summed E-state index contributed by atoms with van der Waals surface area (Å²) in [6, 6.07) is 11.3. The highest BCUT2D eigenvalue weighted by atomic mass is 19.4. The summed E-state index contributed by atoms with van der Waals surface area (Å²) in [6.07, 6.45) is -4.25. The second-order valence-corrected chi connectivity index (χ2v) is 6.22. The number of benzene rings is 2. The van der Waals surface area contributed by atoms with Crippen molar-refractivity contribution in [3.05, 3.63) is 65.2 Å². The maximum Gasteiger partial charge on any atom is 0.416 e. The molecule has 2 aromatic carbocycles. The molecule has 0 radical (unpaired) electrons. The summed E-state index contributed by atoms with van der Waals surface area (Å²) in [7, 11) is 1.48. The van der Waals surface area contributed by atoms with Crippen molar-refractivity contribution in [1.29, 1.82) is 0 Å². The van der Waals surface area contributed by atoms with Gasteiger partial charge in [-0.25, -0.2) is 9.69 Å². The monoisotopic (exact) mass is 362 g/mol. The van der Waals surface area contributed by atoms with Gasteiger partial charge in [0.15, 0.2) is 0 Å². The molecule has 0 spiro atoms. The van der Waals surface area contributed by atoms with Crippen LogP contribution in [-0.4, -0.2) is 29.9 Å². The number of anilines is 1. The smallest absolute Gasteiger partial charge is 0.315 e. The van der Waals surface area contributed by atoms with Crippen LogP contribution in [0.5, 0.6) is 0 Å². The Morgan fingerprint density at radius 1 is 1.00 bits per heavy atom. The van der Waals surface area contributed by atoms with Crippen LogP contribution < -0.4 is 4.90 Å². The van der Waals surface area contributed by atoms with Crippen LogP contribution in [0.3, 0.4) is 0 Å². The van der Waals surface area contributed by atoms with E-state index in [-0.39, 0.29) is 11.3 Å². The first-order valence-electron chi connectivity index (χ1n) is 8.03. The molecule has 3 rings (SSSR count). The molecule has 1 saturated heterocycles. The molecule has 1 aliphatic rings. The molecule has 0 aromatic heterocycles. The number of likely N-dealkylation sites (N-methyl/N-ethyl adjacent to an activating group) is 1. The van der Waals surface area contributed by atoms with Gasteiger partial charge >= 0.3 is 12.2 Å². The van der Waals surface area contributed by atoms with E-state index in [9.17, 15) is 22.8 Å². The van der Waals surface area contributed by atoms with E-state index in [0.717, 1.165) is 16.5 Å². The van der Waals surface area contributed by atoms with E-state index in [0.29, 0.717) is 6.42 Å². The summed E-state index contributed by atoms with van der Waals surface area (Å²) in [5, 5.41) is 0. The number of amides is 3. The van der Waals surface area contributed by atoms with E-state index in [1.165, 1.54) is 31.0 Å². The Balaban J connectivity index is 1.97. The predicted molar refractivity (Wildman–Crippen MR) is 90.8 cm³/mol. The maximum absolute atomic E-state index is 13.2. The van der Waals surface area contributed by atoms with Gasteiger partial charge in [0.2, 0.25) is 0 Å². The van der Waals surface area contributed by atoms with Crippen molar-refractivity contribution in [3.8, 4) is 0 Å². The number of carbonyl (C=O) groups is 2. The van der Waals surface area contributed by atoms with Gasteiger partial charge in [-0.3, -0.25) is 4.79 Å². The van der Waals surface area contributed by atoms with Crippen LogP contribution in [0.1, 0.15) is 16.7 Å². The van der Waals surface area contributed by atoms with Crippen LogP contribution in [0.15, 0.2) is 48.5 Å². The van der Waals surface area contributed by atoms with Crippen molar-refractivity contribution < 1.29 is 22.8 Å². The molecule has 1 atom stereocenters. The summed E-state index contributed by atoms with van der Waals surface area (Å²) in [6.45, 7) is 1.27. The number of alkyl halides is 3. The normalized spacial score (nSPS) is 18.0. The number of imide groups is 1. The zero-order valence-corrected chi connectivity index (χ0v) is 14.2. The highest BCUT2D eigenvalue weighted by Gasteiger charge is 2.45. The lowest BCUT2D eigenvalue weighted by Gasteiger charge is -2.19. The lowest BCUT2D eigenvalue weighted by molar-refractivity contribution is -0.138. The van der Waals surface area contributed by atoms with Crippen LogP contribution in [0, 0.1) is 6.92 Å². The Labute approximate surface area is 148 Å². The minimum Gasteiger partial charge on any atom is -0.315 e. The molecule has 1 fully saturated rings. The predicted octanol–water partition coefficient (Wildman–Crippen LogP) is 4.02. The van der Waals surface area contributed by atoms with Crippen LogP contribution >= 0.6 is 0 Å². The second-order valence-electron chi connectivity index (χ2n) is 6.22. The van der Waals surface area contributed by atoms with Crippen molar-refractivity contribution in [2.45, 2.75) is 25.6 Å². The summed E-state index contributed by atoms with van der Waals surface area (Å²) < 4.78 is 39.5. The van der Waals surface area contributed by atoms with Gasteiger partial charge in [-0.2, -0.15) is 13.2 Å². The third-order valence-electron chi connectivity index (χ3n) is 4.59. The van der Waals surface area contributed by atoms with Gasteiger partial charge in [-0.05, 0) is 30.2 Å². The molecule has 1 heterocycles. The van der Waals surface area contributed by atoms with Crippen LogP contribution in [0.25, 0.3) is 0 Å². The molecule has 26 heavy (non-hydrogen) atoms. The van der Waals surface area contributed by atoms with Gasteiger partial charge in [0.05, 0.1) is 11.3 Å². The number of nitrogens with zero attached hydrogens (tertiary/aromatic N) is 2. The first-order valence-corrected chi connectivity index (χ1v) is 8.03. The average Bonchev–Trinajstić information content (AvgIpc) is 2.79. The highest BCUT2D eigenvalue weighted by Crippen LogP contribution is 2.37. The Bertz CT molecular complexity index is 850. The number of halogens is 3. The molecule has 136 valence electrons. The molecule has 0 bridgehead atoms. The fourth-order valence-corrected chi connectivity index (χ4v) is 3.16. The van der Waals surface area contributed by atoms with Gasteiger partial charge in [0.1, 0.15) is 6.04 Å². The number of hydrogen-bond acceptors (Lipinski definition) is 2. The van der Waals surface area contributed by atoms with E-state index < -0.39 is 29.7 Å². The first kappa shape index (κ1) is 18.0. The summed E-state index contributed by atoms with van der Waals surface area (Å²) in [5.74, 6) is -0.524. The van der Waals surface area contributed by atoms with Gasteiger partial charge < -0.3 is 4.90 Å². The molecule has 0 saturated carbocycles. The average molecular weight is 362 g/mol. The highest BCUT2D eigenvalue weighted by molar-refractivity contribution is 6.21. The van der Waals surface area contributed by atoms with Crippen LogP contribution in [-0.2, 0) is 17.4 Å². The minimum absolute atomic E-state index is 0.0303. The number of carbonyl (C=O) groups excluding carboxylic acids is 2. The SMILES string of the molecule is Cc1c(N2C(=O)C(Cc3ccccc3)N(C)C2=O)cccc1C(F)(F)F. The van der Waals surface area contributed by atoms with E-state index in [2.05, 4.69) is 0 Å². The van der Waals surface area contributed by atoms with Crippen molar-refractivity contribution in [3.63, 3.8) is 0 Å². The summed E-state index contributed by atoms with van der Waals surface area (Å²) >= 11 is 0. The molecule has 1 aliphatic heterocycles. The fourth-order valence-electron chi connectivity index (χ4n) is 3.16. The topological polar surface area (TPSA) is 40.6 Å². The Morgan fingerprint density at radius 2 is 1.65 bits per heavy atom. The molecule has 1 unspecified atom stereocenters. The lowest BCUT2D eigenvalue weighted by atomic mass is 10.0. The quantitative estimate of drug-likeness (QED) is 0.774. The molecule has 3 amide bonds. The Morgan fingerprint density at radius 3 is 2.27 bits per heavy atom. The van der Waals surface area contributed by atoms with Crippen LogP contribution in [0.2, 0.25) is 0 Å². The van der Waals surface area contributed by atoms with Gasteiger partial charge in [-0.15, -0.1) is 0 Å². The number of rotatable bonds is 3. The third-order valence-corrected chi connectivity index (χ3v) is 4.59.